The van der Waals surface area contributed by atoms with Crippen molar-refractivity contribution >= 4 is 96.2 Å². The number of likely N-dealkylation sites (N-methyl/N-ethyl adjacent to an activating group) is 1. The molecule has 95 heavy (non-hydrogen) atoms. The average molecular weight is 1390 g/mol. The molecule has 6 N–H and O–H groups in total. The van der Waals surface area contributed by atoms with Gasteiger partial charge in [0.1, 0.15) is 11.6 Å². The second kappa shape index (κ2) is 42.9. The molecule has 19 nitrogen and oxygen atoms in total. The number of unbranched alkanes of at least 4 members (excludes halogenated alkanes) is 14. The highest BCUT2D eigenvalue weighted by Gasteiger charge is 2.24. The van der Waals surface area contributed by atoms with Gasteiger partial charge in [0, 0.05) is 94.3 Å². The first kappa shape index (κ1) is 78.3. The minimum Gasteiger partial charge on any atom is -0.356 e. The van der Waals surface area contributed by atoms with Crippen LogP contribution in [0.4, 0.5) is 11.4 Å². The molecule has 0 fully saturated rings. The van der Waals surface area contributed by atoms with Crippen LogP contribution in [0, 0.1) is 5.92 Å². The van der Waals surface area contributed by atoms with Gasteiger partial charge in [0.05, 0.1) is 36.5 Å². The van der Waals surface area contributed by atoms with Gasteiger partial charge in [-0.3, -0.25) is 46.9 Å². The summed E-state index contributed by atoms with van der Waals surface area (Å²) in [6.45, 7) is 4.40. The molecule has 5 aromatic carbocycles. The quantitative estimate of drug-likeness (QED) is 0.0156. The number of phosphoric acid groups is 2. The zero-order valence-electron chi connectivity index (χ0n) is 55.5. The van der Waals surface area contributed by atoms with E-state index in [-0.39, 0.29) is 106 Å². The highest BCUT2D eigenvalue weighted by atomic mass is 35.5. The van der Waals surface area contributed by atoms with Gasteiger partial charge in [-0.25, -0.2) is 9.13 Å². The number of rotatable bonds is 48. The number of nitrogens with one attached hydrogen (secondary N) is 4. The molecule has 0 aliphatic carbocycles. The molecule has 1 aliphatic heterocycles. The van der Waals surface area contributed by atoms with Crippen LogP contribution in [0.3, 0.4) is 0 Å². The molecule has 1 aliphatic rings. The summed E-state index contributed by atoms with van der Waals surface area (Å²) in [5.41, 5.74) is 8.13. The minimum atomic E-state index is -4.22. The van der Waals surface area contributed by atoms with Crippen molar-refractivity contribution in [3.8, 4) is 22.3 Å². The second-order valence-corrected chi connectivity index (χ2v) is 28.5. The molecule has 520 valence electrons. The number of carbonyl (C=O) groups excluding carboxylic acids is 6. The van der Waals surface area contributed by atoms with E-state index in [1.807, 2.05) is 79.7 Å². The van der Waals surface area contributed by atoms with Gasteiger partial charge >= 0.3 is 15.6 Å². The maximum atomic E-state index is 12.9. The Balaban J connectivity index is 0.658. The zero-order chi connectivity index (χ0) is 68.3. The third-order valence-corrected chi connectivity index (χ3v) is 19.5. The summed E-state index contributed by atoms with van der Waals surface area (Å²) in [7, 11) is -6.35. The van der Waals surface area contributed by atoms with Gasteiger partial charge in [0.2, 0.25) is 23.6 Å². The normalized spacial score (nSPS) is 13.9. The molecule has 1 heterocycles. The fourth-order valence-corrected chi connectivity index (χ4v) is 13.2. The Labute approximate surface area is 571 Å². The lowest BCUT2D eigenvalue weighted by atomic mass is 9.89. The predicted octanol–water partition coefficient (Wildman–Crippen LogP) is 16.5. The summed E-state index contributed by atoms with van der Waals surface area (Å²) >= 11 is 12.4. The first-order chi connectivity index (χ1) is 45.8. The van der Waals surface area contributed by atoms with E-state index in [0.717, 1.165) is 130 Å². The van der Waals surface area contributed by atoms with Gasteiger partial charge in [-0.15, -0.1) is 0 Å². The van der Waals surface area contributed by atoms with Gasteiger partial charge in [-0.2, -0.15) is 0 Å². The number of Topliss-reactive ketones (excluding diaryl/α,β-unsaturated/α-hetero) is 2. The van der Waals surface area contributed by atoms with Crippen molar-refractivity contribution in [2.45, 2.75) is 187 Å². The second-order valence-electron chi connectivity index (χ2n) is 24.8. The van der Waals surface area contributed by atoms with Crippen LogP contribution < -0.4 is 21.3 Å². The first-order valence-electron chi connectivity index (χ1n) is 34.0. The van der Waals surface area contributed by atoms with E-state index in [1.165, 1.54) is 16.7 Å². The first-order valence-corrected chi connectivity index (χ1v) is 37.8. The van der Waals surface area contributed by atoms with E-state index in [1.54, 1.807) is 6.07 Å². The number of benzene rings is 5. The topological polar surface area (TPSA) is 265 Å². The number of amides is 4. The maximum Gasteiger partial charge on any atom is 0.472 e. The van der Waals surface area contributed by atoms with Crippen molar-refractivity contribution < 1.29 is 65.8 Å². The predicted molar refractivity (Wildman–Crippen MR) is 377 cm³/mol. The molecule has 0 spiro atoms. The van der Waals surface area contributed by atoms with Crippen molar-refractivity contribution in [1.29, 1.82) is 0 Å². The molecule has 0 bridgehead atoms. The molecule has 0 saturated heterocycles. The Morgan fingerprint density at radius 1 is 0.463 bits per heavy atom. The molecule has 0 saturated carbocycles. The van der Waals surface area contributed by atoms with E-state index in [0.29, 0.717) is 80.2 Å². The standard InChI is InChI=1S/C72H99Cl2N5O14P2/c1-54(52-76-70(83)33-21-25-49-93-95(88,89)91-47-23-12-8-4-6-10-17-29-58(81)36-43-72(85)78-68-41-37-59(55-26-14-13-15-27-55)62-44-45-79(2)53-64(62)68)51-75-69(82)32-20-24-48-92-94(86,87)90-46-22-11-7-3-5-9-16-28-57(80)35-42-71(84)77-67-40-38-60(61-30-18-19-31-63(61)67)56-34-39-65(73)66(74)50-56/h13-15,18-19,26-27,30-31,34,37-41,50,54H,3-12,16-17,20-25,28-29,32-33,35-36,42-49,51-53H2,1-2H3,(H,75,82)(H,76,83)(H,77,84)(H,78,85)(H,86,87)(H,88,89). The summed E-state index contributed by atoms with van der Waals surface area (Å²) in [6.07, 6.45) is 16.4. The van der Waals surface area contributed by atoms with Crippen LogP contribution in [0.25, 0.3) is 33.0 Å². The SMILES string of the molecule is CC(CNC(=O)CCCCOP(=O)(O)OCCCCCCCCCC(=O)CCC(=O)Nc1ccc(-c2ccccc2)c2c1CN(C)CC2)CNC(=O)CCCCOP(=O)(O)OCCCCCCCCCC(=O)CCC(=O)Nc1ccc(-c2ccc(Cl)c(Cl)c2)c2ccccc12. The average Bonchev–Trinajstić information content (AvgIpc) is 0.797. The van der Waals surface area contributed by atoms with Gasteiger partial charge in [0.15, 0.2) is 0 Å². The fourth-order valence-electron chi connectivity index (χ4n) is 11.3. The Kier molecular flexibility index (Phi) is 35.4. The molecule has 0 aromatic heterocycles. The maximum absolute atomic E-state index is 12.9. The summed E-state index contributed by atoms with van der Waals surface area (Å²) in [6, 6.07) is 31.4. The van der Waals surface area contributed by atoms with Gasteiger partial charge in [-0.1, -0.05) is 167 Å². The van der Waals surface area contributed by atoms with Crippen LogP contribution in [0.2, 0.25) is 10.0 Å². The van der Waals surface area contributed by atoms with Crippen LogP contribution in [0.5, 0.6) is 0 Å². The lowest BCUT2D eigenvalue weighted by molar-refractivity contribution is -0.123. The van der Waals surface area contributed by atoms with Crippen molar-refractivity contribution in [2.24, 2.45) is 5.92 Å². The summed E-state index contributed by atoms with van der Waals surface area (Å²) in [4.78, 5) is 98.2. The van der Waals surface area contributed by atoms with Crippen LogP contribution in [-0.4, -0.2) is 103 Å². The molecular weight excluding hydrogens is 1290 g/mol. The number of hydrogen-bond acceptors (Lipinski definition) is 13. The Morgan fingerprint density at radius 2 is 0.905 bits per heavy atom. The van der Waals surface area contributed by atoms with Crippen molar-refractivity contribution in [2.75, 3.05) is 63.7 Å². The van der Waals surface area contributed by atoms with Gasteiger partial charge in [-0.05, 0) is 134 Å². The van der Waals surface area contributed by atoms with E-state index in [9.17, 15) is 47.7 Å². The number of anilines is 2. The molecule has 5 aromatic rings. The Hall–Kier alpha value is -5.66. The number of nitrogens with zero attached hydrogens (tertiary/aromatic N) is 1. The monoisotopic (exact) mass is 1390 g/mol. The van der Waals surface area contributed by atoms with E-state index < -0.39 is 15.6 Å². The molecule has 0 radical (unpaired) electrons. The highest BCUT2D eigenvalue weighted by Crippen LogP contribution is 2.45. The smallest absolute Gasteiger partial charge is 0.356 e. The molecule has 4 amide bonds. The van der Waals surface area contributed by atoms with Crippen molar-refractivity contribution in [3.63, 3.8) is 0 Å². The molecular formula is C72H99Cl2N5O14P2. The molecule has 23 heteroatoms. The zero-order valence-corrected chi connectivity index (χ0v) is 58.8. The van der Waals surface area contributed by atoms with E-state index in [2.05, 4.69) is 51.4 Å². The third kappa shape index (κ3) is 30.3. The number of fused-ring (bicyclic) bond motifs is 2. The number of phosphoric ester groups is 2. The molecule has 6 rings (SSSR count). The van der Waals surface area contributed by atoms with Crippen LogP contribution >= 0.6 is 38.8 Å². The van der Waals surface area contributed by atoms with Crippen LogP contribution in [-0.2, 0) is 69.0 Å². The summed E-state index contributed by atoms with van der Waals surface area (Å²) in [5.74, 6) is -0.623. The van der Waals surface area contributed by atoms with E-state index >= 15 is 0 Å². The van der Waals surface area contributed by atoms with Crippen molar-refractivity contribution in [1.82, 2.24) is 15.5 Å². The molecule has 3 unspecified atom stereocenters. The van der Waals surface area contributed by atoms with Gasteiger partial charge < -0.3 is 36.0 Å². The number of hydrogen-bond donors (Lipinski definition) is 6. The summed E-state index contributed by atoms with van der Waals surface area (Å²) in [5, 5.41) is 14.5. The number of halogens is 2. The molecule has 3 atom stereocenters. The number of carbonyl (C=O) groups is 6. The Bertz CT molecular complexity index is 3360. The van der Waals surface area contributed by atoms with E-state index in [4.69, 9.17) is 41.3 Å². The minimum absolute atomic E-state index is 0.0327. The summed E-state index contributed by atoms with van der Waals surface area (Å²) < 4.78 is 45.1. The third-order valence-electron chi connectivity index (χ3n) is 16.8. The Morgan fingerprint density at radius 3 is 1.43 bits per heavy atom. The fraction of sp³-hybridized carbons (Fsp3) is 0.528. The van der Waals surface area contributed by atoms with Crippen LogP contribution in [0.1, 0.15) is 185 Å². The highest BCUT2D eigenvalue weighted by molar-refractivity contribution is 7.47. The lowest BCUT2D eigenvalue weighted by Gasteiger charge is -2.29. The number of ketones is 2. The van der Waals surface area contributed by atoms with Crippen molar-refractivity contribution in [3.05, 3.63) is 118 Å². The lowest BCUT2D eigenvalue weighted by Crippen LogP contribution is -2.35. The van der Waals surface area contributed by atoms with Crippen LogP contribution in [0.15, 0.2) is 97.1 Å². The van der Waals surface area contributed by atoms with Gasteiger partial charge in [0.25, 0.3) is 0 Å². The largest absolute Gasteiger partial charge is 0.472 e.